The van der Waals surface area contributed by atoms with Gasteiger partial charge in [-0.15, -0.1) is 0 Å². The molecule has 6 heteroatoms. The number of nitrogens with zero attached hydrogens (tertiary/aromatic N) is 1. The van der Waals surface area contributed by atoms with E-state index >= 15 is 0 Å². The molecule has 1 saturated carbocycles. The summed E-state index contributed by atoms with van der Waals surface area (Å²) in [5.41, 5.74) is 7.44. The van der Waals surface area contributed by atoms with Crippen LogP contribution in [-0.2, 0) is 16.3 Å². The van der Waals surface area contributed by atoms with Gasteiger partial charge in [0, 0.05) is 18.2 Å². The Balaban J connectivity index is 2.03. The van der Waals surface area contributed by atoms with E-state index in [1.165, 1.54) is 6.26 Å². The van der Waals surface area contributed by atoms with E-state index in [-0.39, 0.29) is 10.4 Å². The number of aromatic amines is 1. The Morgan fingerprint density at radius 3 is 2.70 bits per heavy atom. The molecule has 0 amide bonds. The zero-order valence-electron chi connectivity index (χ0n) is 11.5. The summed E-state index contributed by atoms with van der Waals surface area (Å²) in [6, 6.07) is 5.17. The van der Waals surface area contributed by atoms with Crippen LogP contribution in [0.4, 0.5) is 0 Å². The highest BCUT2D eigenvalue weighted by Gasteiger charge is 2.30. The first-order valence-electron chi connectivity index (χ1n) is 6.84. The summed E-state index contributed by atoms with van der Waals surface area (Å²) >= 11 is 0. The van der Waals surface area contributed by atoms with Gasteiger partial charge in [-0.1, -0.05) is 18.9 Å². The second-order valence-electron chi connectivity index (χ2n) is 5.85. The lowest BCUT2D eigenvalue weighted by molar-refractivity contribution is 0.428. The van der Waals surface area contributed by atoms with Crippen molar-refractivity contribution in [1.29, 1.82) is 0 Å². The first-order valence-corrected chi connectivity index (χ1v) is 8.73. The van der Waals surface area contributed by atoms with Crippen LogP contribution in [-0.4, -0.2) is 30.2 Å². The van der Waals surface area contributed by atoms with Crippen LogP contribution < -0.4 is 5.73 Å². The summed E-state index contributed by atoms with van der Waals surface area (Å²) in [7, 11) is -3.27. The largest absolute Gasteiger partial charge is 0.342 e. The van der Waals surface area contributed by atoms with Crippen LogP contribution in [0.1, 0.15) is 31.5 Å². The average molecular weight is 293 g/mol. The molecule has 0 spiro atoms. The van der Waals surface area contributed by atoms with Crippen molar-refractivity contribution in [3.63, 3.8) is 0 Å². The molecule has 3 N–H and O–H groups in total. The highest BCUT2D eigenvalue weighted by molar-refractivity contribution is 7.91. The summed E-state index contributed by atoms with van der Waals surface area (Å²) in [5.74, 6) is 0.778. The van der Waals surface area contributed by atoms with E-state index in [0.29, 0.717) is 11.9 Å². The third kappa shape index (κ3) is 2.45. The number of nitrogens with one attached hydrogen (secondary N) is 1. The molecule has 1 aliphatic rings. The molecule has 20 heavy (non-hydrogen) atoms. The molecule has 0 radical (unpaired) electrons. The predicted octanol–water partition coefficient (Wildman–Crippen LogP) is 1.78. The third-order valence-corrected chi connectivity index (χ3v) is 5.17. The minimum absolute atomic E-state index is 0.195. The van der Waals surface area contributed by atoms with Gasteiger partial charge in [0.1, 0.15) is 11.3 Å². The molecule has 1 aromatic carbocycles. The molecule has 3 rings (SSSR count). The monoisotopic (exact) mass is 293 g/mol. The Morgan fingerprint density at radius 1 is 1.35 bits per heavy atom. The molecule has 0 atom stereocenters. The zero-order valence-corrected chi connectivity index (χ0v) is 12.3. The Hall–Kier alpha value is -1.40. The fraction of sp³-hybridized carbons (Fsp3) is 0.500. The first-order chi connectivity index (χ1) is 9.37. The highest BCUT2D eigenvalue weighted by atomic mass is 32.2. The van der Waals surface area contributed by atoms with E-state index in [2.05, 4.69) is 9.97 Å². The van der Waals surface area contributed by atoms with E-state index in [0.717, 1.165) is 37.0 Å². The van der Waals surface area contributed by atoms with E-state index in [1.807, 2.05) is 6.07 Å². The second-order valence-corrected chi connectivity index (χ2v) is 7.84. The molecule has 0 unspecified atom stereocenters. The SMILES string of the molecule is CS(=O)(=O)c1cccc2[nH]c(CC3(N)CCCC3)nc12. The number of benzene rings is 1. The molecule has 1 aromatic heterocycles. The van der Waals surface area contributed by atoms with Gasteiger partial charge in [0.05, 0.1) is 10.4 Å². The minimum atomic E-state index is -3.27. The molecule has 108 valence electrons. The van der Waals surface area contributed by atoms with E-state index in [4.69, 9.17) is 5.73 Å². The van der Waals surface area contributed by atoms with Gasteiger partial charge < -0.3 is 10.7 Å². The lowest BCUT2D eigenvalue weighted by atomic mass is 9.94. The van der Waals surface area contributed by atoms with Gasteiger partial charge >= 0.3 is 0 Å². The Bertz CT molecular complexity index is 743. The van der Waals surface area contributed by atoms with Crippen molar-refractivity contribution in [3.05, 3.63) is 24.0 Å². The maximum Gasteiger partial charge on any atom is 0.177 e. The summed E-state index contributed by atoms with van der Waals surface area (Å²) in [6.07, 6.45) is 6.20. The number of nitrogens with two attached hydrogens (primary N) is 1. The Kier molecular flexibility index (Phi) is 3.10. The molecule has 0 aliphatic heterocycles. The van der Waals surface area contributed by atoms with Crippen molar-refractivity contribution < 1.29 is 8.42 Å². The number of para-hydroxylation sites is 1. The number of fused-ring (bicyclic) bond motifs is 1. The molecule has 5 nitrogen and oxygen atoms in total. The van der Waals surface area contributed by atoms with Gasteiger partial charge in [0.2, 0.25) is 0 Å². The average Bonchev–Trinajstić information content (AvgIpc) is 2.93. The molecule has 1 fully saturated rings. The number of hydrogen-bond donors (Lipinski definition) is 2. The predicted molar refractivity (Wildman–Crippen MR) is 78.3 cm³/mol. The second kappa shape index (κ2) is 4.56. The molecule has 2 aromatic rings. The van der Waals surface area contributed by atoms with Crippen molar-refractivity contribution in [3.8, 4) is 0 Å². The van der Waals surface area contributed by atoms with Gasteiger partial charge in [-0.3, -0.25) is 0 Å². The van der Waals surface area contributed by atoms with Crippen LogP contribution in [0.3, 0.4) is 0 Å². The molecule has 1 heterocycles. The number of hydrogen-bond acceptors (Lipinski definition) is 4. The van der Waals surface area contributed by atoms with Gasteiger partial charge in [0.15, 0.2) is 9.84 Å². The molecule has 0 saturated heterocycles. The topological polar surface area (TPSA) is 88.8 Å². The quantitative estimate of drug-likeness (QED) is 0.902. The maximum absolute atomic E-state index is 11.8. The fourth-order valence-corrected chi connectivity index (χ4v) is 3.86. The van der Waals surface area contributed by atoms with Crippen molar-refractivity contribution in [2.45, 2.75) is 42.5 Å². The standard InChI is InChI=1S/C14H19N3O2S/c1-20(18,19)11-6-4-5-10-13(11)17-12(16-10)9-14(15)7-2-3-8-14/h4-6H,2-3,7-9,15H2,1H3,(H,16,17). The lowest BCUT2D eigenvalue weighted by Gasteiger charge is -2.21. The third-order valence-electron chi connectivity index (χ3n) is 4.04. The number of imidazole rings is 1. The summed E-state index contributed by atoms with van der Waals surface area (Å²) in [5, 5.41) is 0. The molecular formula is C14H19N3O2S. The number of sulfone groups is 1. The van der Waals surface area contributed by atoms with Crippen molar-refractivity contribution >= 4 is 20.9 Å². The summed E-state index contributed by atoms with van der Waals surface area (Å²) in [6.45, 7) is 0. The van der Waals surface area contributed by atoms with Gasteiger partial charge in [-0.05, 0) is 25.0 Å². The van der Waals surface area contributed by atoms with Crippen molar-refractivity contribution in [2.24, 2.45) is 5.73 Å². The van der Waals surface area contributed by atoms with Crippen molar-refractivity contribution in [2.75, 3.05) is 6.26 Å². The summed E-state index contributed by atoms with van der Waals surface area (Å²) in [4.78, 5) is 7.95. The number of H-pyrrole nitrogens is 1. The Labute approximate surface area is 118 Å². The van der Waals surface area contributed by atoms with Crippen LogP contribution >= 0.6 is 0 Å². The van der Waals surface area contributed by atoms with E-state index < -0.39 is 9.84 Å². The van der Waals surface area contributed by atoms with Gasteiger partial charge in [-0.2, -0.15) is 0 Å². The van der Waals surface area contributed by atoms with E-state index in [1.54, 1.807) is 12.1 Å². The zero-order chi connectivity index (χ0) is 14.4. The van der Waals surface area contributed by atoms with Crippen LogP contribution in [0.2, 0.25) is 0 Å². The van der Waals surface area contributed by atoms with Crippen LogP contribution in [0.5, 0.6) is 0 Å². The van der Waals surface area contributed by atoms with Gasteiger partial charge in [0.25, 0.3) is 0 Å². The maximum atomic E-state index is 11.8. The number of aromatic nitrogens is 2. The first kappa shape index (κ1) is 13.6. The lowest BCUT2D eigenvalue weighted by Crippen LogP contribution is -2.39. The van der Waals surface area contributed by atoms with Crippen LogP contribution in [0.15, 0.2) is 23.1 Å². The highest BCUT2D eigenvalue weighted by Crippen LogP contribution is 2.30. The van der Waals surface area contributed by atoms with Crippen LogP contribution in [0.25, 0.3) is 11.0 Å². The fourth-order valence-electron chi connectivity index (χ4n) is 3.03. The van der Waals surface area contributed by atoms with E-state index in [9.17, 15) is 8.42 Å². The smallest absolute Gasteiger partial charge is 0.177 e. The molecule has 0 bridgehead atoms. The molecule has 1 aliphatic carbocycles. The van der Waals surface area contributed by atoms with Gasteiger partial charge in [-0.25, -0.2) is 13.4 Å². The normalized spacial score (nSPS) is 18.7. The number of rotatable bonds is 3. The minimum Gasteiger partial charge on any atom is -0.342 e. The van der Waals surface area contributed by atoms with Crippen molar-refractivity contribution in [1.82, 2.24) is 9.97 Å². The Morgan fingerprint density at radius 2 is 2.05 bits per heavy atom. The molecular weight excluding hydrogens is 274 g/mol. The summed E-state index contributed by atoms with van der Waals surface area (Å²) < 4.78 is 23.6. The van der Waals surface area contributed by atoms with Crippen LogP contribution in [0, 0.1) is 0 Å².